The predicted molar refractivity (Wildman–Crippen MR) is 334 cm³/mol. The van der Waals surface area contributed by atoms with E-state index in [1.54, 1.807) is 0 Å². The molecule has 0 aliphatic rings. The Labute approximate surface area is 475 Å². The summed E-state index contributed by atoms with van der Waals surface area (Å²) < 4.78 is 16.8. The van der Waals surface area contributed by atoms with Crippen molar-refractivity contribution >= 4 is 17.9 Å². The van der Waals surface area contributed by atoms with Crippen LogP contribution in [0.4, 0.5) is 0 Å². The Kier molecular flexibility index (Phi) is 60.4. The highest BCUT2D eigenvalue weighted by atomic mass is 16.6. The van der Waals surface area contributed by atoms with Gasteiger partial charge in [-0.2, -0.15) is 0 Å². The SMILES string of the molecule is CC/C=C\C/C=C\C/C=C\C/C=C\C/C=C\C/C=C\C/C=C\CCCCCCCCCCCC(=O)OCC(COC(=O)CC/C=C\C/C=C\C/C=C\C/C=C\CC)OC(=O)CCCCCCCCCCCCCCCCC. The molecule has 0 N–H and O–H groups in total. The van der Waals surface area contributed by atoms with E-state index in [9.17, 15) is 14.4 Å². The predicted octanol–water partition coefficient (Wildman–Crippen LogP) is 21.8. The van der Waals surface area contributed by atoms with E-state index in [4.69, 9.17) is 14.2 Å². The van der Waals surface area contributed by atoms with Crippen molar-refractivity contribution in [2.24, 2.45) is 0 Å². The van der Waals surface area contributed by atoms with E-state index in [2.05, 4.69) is 148 Å². The van der Waals surface area contributed by atoms with Gasteiger partial charge in [0.1, 0.15) is 13.2 Å². The molecule has 0 saturated heterocycles. The number of carbonyl (C=O) groups is 3. The van der Waals surface area contributed by atoms with Crippen LogP contribution < -0.4 is 0 Å². The first kappa shape index (κ1) is 72.5. The molecule has 0 aromatic heterocycles. The minimum Gasteiger partial charge on any atom is -0.462 e. The summed E-state index contributed by atoms with van der Waals surface area (Å²) in [6.07, 6.45) is 90.5. The Balaban J connectivity index is 4.31. The van der Waals surface area contributed by atoms with Gasteiger partial charge in [-0.05, 0) is 103 Å². The third-order valence-corrected chi connectivity index (χ3v) is 13.2. The number of allylic oxidation sites excluding steroid dienone is 22. The van der Waals surface area contributed by atoms with E-state index in [1.807, 2.05) is 6.08 Å². The van der Waals surface area contributed by atoms with Gasteiger partial charge in [-0.25, -0.2) is 0 Å². The Morgan fingerprint density at radius 2 is 0.532 bits per heavy atom. The summed E-state index contributed by atoms with van der Waals surface area (Å²) in [6, 6.07) is 0. The van der Waals surface area contributed by atoms with Crippen LogP contribution in [0.3, 0.4) is 0 Å². The molecule has 6 heteroatoms. The molecule has 0 heterocycles. The maximum absolute atomic E-state index is 12.9. The van der Waals surface area contributed by atoms with Crippen LogP contribution in [0.15, 0.2) is 134 Å². The van der Waals surface area contributed by atoms with Gasteiger partial charge in [0.2, 0.25) is 0 Å². The van der Waals surface area contributed by atoms with Crippen LogP contribution in [0.2, 0.25) is 0 Å². The molecule has 1 unspecified atom stereocenters. The van der Waals surface area contributed by atoms with Gasteiger partial charge in [-0.3, -0.25) is 14.4 Å². The summed E-state index contributed by atoms with van der Waals surface area (Å²) in [7, 11) is 0. The normalized spacial score (nSPS) is 13.0. The zero-order valence-corrected chi connectivity index (χ0v) is 49.9. The molecular formula is C71H116O6. The summed E-state index contributed by atoms with van der Waals surface area (Å²) >= 11 is 0. The highest BCUT2D eigenvalue weighted by Gasteiger charge is 2.19. The molecule has 6 nitrogen and oxygen atoms in total. The summed E-state index contributed by atoms with van der Waals surface area (Å²) in [5.74, 6) is -0.991. The van der Waals surface area contributed by atoms with E-state index < -0.39 is 6.10 Å². The van der Waals surface area contributed by atoms with Gasteiger partial charge in [0.15, 0.2) is 6.10 Å². The third-order valence-electron chi connectivity index (χ3n) is 13.2. The molecule has 0 radical (unpaired) electrons. The number of hydrogen-bond donors (Lipinski definition) is 0. The number of carbonyl (C=O) groups excluding carboxylic acids is 3. The zero-order valence-electron chi connectivity index (χ0n) is 49.9. The first-order valence-corrected chi connectivity index (χ1v) is 31.7. The molecule has 436 valence electrons. The first-order chi connectivity index (χ1) is 38.0. The van der Waals surface area contributed by atoms with E-state index in [-0.39, 0.29) is 37.5 Å². The quantitative estimate of drug-likeness (QED) is 0.0261. The van der Waals surface area contributed by atoms with Crippen LogP contribution >= 0.6 is 0 Å². The largest absolute Gasteiger partial charge is 0.462 e. The second-order valence-corrected chi connectivity index (χ2v) is 20.6. The molecule has 0 bridgehead atoms. The summed E-state index contributed by atoms with van der Waals surface area (Å²) in [5, 5.41) is 0. The second-order valence-electron chi connectivity index (χ2n) is 20.6. The molecule has 0 amide bonds. The van der Waals surface area contributed by atoms with Gasteiger partial charge in [0.05, 0.1) is 0 Å². The fourth-order valence-corrected chi connectivity index (χ4v) is 8.50. The molecule has 0 aliphatic heterocycles. The van der Waals surface area contributed by atoms with Crippen LogP contribution in [0.1, 0.15) is 278 Å². The molecule has 0 aromatic carbocycles. The van der Waals surface area contributed by atoms with Crippen molar-refractivity contribution in [2.45, 2.75) is 284 Å². The summed E-state index contributed by atoms with van der Waals surface area (Å²) in [6.45, 7) is 6.35. The van der Waals surface area contributed by atoms with Gasteiger partial charge in [-0.1, -0.05) is 289 Å². The Hall–Kier alpha value is -4.45. The number of ether oxygens (including phenoxy) is 3. The number of esters is 3. The van der Waals surface area contributed by atoms with Crippen LogP contribution in [0.5, 0.6) is 0 Å². The lowest BCUT2D eigenvalue weighted by atomic mass is 10.0. The molecule has 77 heavy (non-hydrogen) atoms. The fourth-order valence-electron chi connectivity index (χ4n) is 8.50. The Morgan fingerprint density at radius 1 is 0.273 bits per heavy atom. The second kappa shape index (κ2) is 64.1. The van der Waals surface area contributed by atoms with Gasteiger partial charge in [0, 0.05) is 19.3 Å². The van der Waals surface area contributed by atoms with Crippen molar-refractivity contribution in [1.82, 2.24) is 0 Å². The number of rotatable bonds is 56. The van der Waals surface area contributed by atoms with Crippen molar-refractivity contribution in [3.8, 4) is 0 Å². The summed E-state index contributed by atoms with van der Waals surface area (Å²) in [5.41, 5.74) is 0. The minimum absolute atomic E-state index is 0.104. The molecule has 1 atom stereocenters. The van der Waals surface area contributed by atoms with Crippen LogP contribution in [0.25, 0.3) is 0 Å². The van der Waals surface area contributed by atoms with Crippen molar-refractivity contribution < 1.29 is 28.6 Å². The summed E-state index contributed by atoms with van der Waals surface area (Å²) in [4.78, 5) is 38.2. The van der Waals surface area contributed by atoms with Crippen molar-refractivity contribution in [3.05, 3.63) is 134 Å². The zero-order chi connectivity index (χ0) is 55.7. The highest BCUT2D eigenvalue weighted by molar-refractivity contribution is 5.71. The van der Waals surface area contributed by atoms with Crippen molar-refractivity contribution in [2.75, 3.05) is 13.2 Å². The first-order valence-electron chi connectivity index (χ1n) is 31.7. The van der Waals surface area contributed by atoms with Gasteiger partial charge < -0.3 is 14.2 Å². The molecule has 0 fully saturated rings. The molecule has 0 rings (SSSR count). The monoisotopic (exact) mass is 1060 g/mol. The maximum Gasteiger partial charge on any atom is 0.306 e. The third kappa shape index (κ3) is 62.3. The van der Waals surface area contributed by atoms with Crippen LogP contribution in [-0.4, -0.2) is 37.2 Å². The average molecular weight is 1070 g/mol. The smallest absolute Gasteiger partial charge is 0.306 e. The molecular weight excluding hydrogens is 949 g/mol. The Morgan fingerprint density at radius 3 is 0.870 bits per heavy atom. The van der Waals surface area contributed by atoms with Gasteiger partial charge in [-0.15, -0.1) is 0 Å². The topological polar surface area (TPSA) is 78.9 Å². The lowest BCUT2D eigenvalue weighted by molar-refractivity contribution is -0.166. The highest BCUT2D eigenvalue weighted by Crippen LogP contribution is 2.16. The Bertz CT molecular complexity index is 1650. The lowest BCUT2D eigenvalue weighted by Gasteiger charge is -2.18. The standard InChI is InChI=1S/C71H116O6/c1-4-7-10-13-16-19-22-25-27-28-29-30-31-32-33-34-35-36-37-38-39-40-41-42-44-46-49-52-55-58-61-64-70(73)76-67-68(66-75-69(72)63-60-57-54-51-48-45-24-21-18-15-12-9-6-3)77-71(74)65-62-59-56-53-50-47-43-26-23-20-17-14-11-8-5-2/h7,9-10,12,16,18-19,21,25,27,29-30,32-33,35-36,38-39,45,48,54,57,68H,4-6,8,11,13-15,17,20,22-24,26,28,31,34,37,40-44,46-47,49-53,55-56,58-67H2,1-3H3/b10-7-,12-9-,19-16-,21-18-,27-25-,30-29-,33-32-,36-35-,39-38-,48-45-,57-54-. The van der Waals surface area contributed by atoms with Crippen molar-refractivity contribution in [3.63, 3.8) is 0 Å². The minimum atomic E-state index is -0.812. The molecule has 0 aromatic rings. The molecule has 0 spiro atoms. The van der Waals surface area contributed by atoms with Gasteiger partial charge in [0.25, 0.3) is 0 Å². The fraction of sp³-hybridized carbons (Fsp3) is 0.648. The lowest BCUT2D eigenvalue weighted by Crippen LogP contribution is -2.30. The number of unbranched alkanes of at least 4 members (excludes halogenated alkanes) is 23. The van der Waals surface area contributed by atoms with E-state index in [0.29, 0.717) is 19.3 Å². The maximum atomic E-state index is 12.9. The van der Waals surface area contributed by atoms with E-state index >= 15 is 0 Å². The van der Waals surface area contributed by atoms with Crippen molar-refractivity contribution in [1.29, 1.82) is 0 Å². The molecule has 0 saturated carbocycles. The molecule has 0 aliphatic carbocycles. The van der Waals surface area contributed by atoms with E-state index in [0.717, 1.165) is 116 Å². The average Bonchev–Trinajstić information content (AvgIpc) is 3.43. The van der Waals surface area contributed by atoms with E-state index in [1.165, 1.54) is 116 Å². The van der Waals surface area contributed by atoms with Crippen LogP contribution in [-0.2, 0) is 28.6 Å². The van der Waals surface area contributed by atoms with Crippen LogP contribution in [0, 0.1) is 0 Å². The number of hydrogen-bond acceptors (Lipinski definition) is 6. The van der Waals surface area contributed by atoms with Gasteiger partial charge >= 0.3 is 17.9 Å².